The molecule has 2 N–H and O–H groups in total. The first-order valence-corrected chi connectivity index (χ1v) is 17.5. The van der Waals surface area contributed by atoms with Crippen molar-refractivity contribution in [3.05, 3.63) is 91.9 Å². The molecule has 0 saturated heterocycles. The number of anilines is 1. The topological polar surface area (TPSA) is 26.0 Å². The number of nitrogens with two attached hydrogens (primary N) is 1. The van der Waals surface area contributed by atoms with Crippen molar-refractivity contribution in [2.75, 3.05) is 5.73 Å². The Morgan fingerprint density at radius 3 is 1.93 bits per heavy atom. The Bertz CT molecular complexity index is 2220. The highest BCUT2D eigenvalue weighted by Crippen LogP contribution is 2.56. The first-order valence-electron chi connectivity index (χ1n) is 14.2. The Balaban J connectivity index is 1.08. The van der Waals surface area contributed by atoms with E-state index in [0.717, 1.165) is 33.8 Å². The van der Waals surface area contributed by atoms with Crippen LogP contribution < -0.4 is 5.73 Å². The van der Waals surface area contributed by atoms with E-state index in [-0.39, 0.29) is 6.42 Å². The molecule has 8 heteroatoms. The van der Waals surface area contributed by atoms with Crippen molar-refractivity contribution in [2.45, 2.75) is 45.7 Å². The number of halogens is 3. The molecular weight excluding hydrogens is 620 g/mol. The lowest BCUT2D eigenvalue weighted by Gasteiger charge is -2.16. The molecule has 0 bridgehead atoms. The van der Waals surface area contributed by atoms with Crippen molar-refractivity contribution in [1.82, 2.24) is 0 Å². The highest BCUT2D eigenvalue weighted by Gasteiger charge is 2.36. The SMILES string of the molecule is Cc1c2c(c(C)c3c1-c1sc(-c4cc5c(s4)CCC(C(F)(F)F)=C5)cc1C3)-c1sc(-c3cc4cc(N)ccc4s3)cc1C2. The highest BCUT2D eigenvalue weighted by atomic mass is 32.1. The summed E-state index contributed by atoms with van der Waals surface area (Å²) in [6, 6.07) is 15.1. The van der Waals surface area contributed by atoms with E-state index >= 15 is 0 Å². The first kappa shape index (κ1) is 26.3. The van der Waals surface area contributed by atoms with Crippen LogP contribution in [0.15, 0.2) is 48.0 Å². The highest BCUT2D eigenvalue weighted by molar-refractivity contribution is 7.27. The van der Waals surface area contributed by atoms with Crippen LogP contribution in [0.3, 0.4) is 0 Å². The minimum absolute atomic E-state index is 0.0700. The summed E-state index contributed by atoms with van der Waals surface area (Å²) in [5.41, 5.74) is 18.4. The second kappa shape index (κ2) is 8.94. The van der Waals surface area contributed by atoms with Gasteiger partial charge in [-0.25, -0.2) is 0 Å². The van der Waals surface area contributed by atoms with Crippen molar-refractivity contribution < 1.29 is 13.2 Å². The largest absolute Gasteiger partial charge is 0.412 e. The van der Waals surface area contributed by atoms with Crippen LogP contribution >= 0.6 is 45.3 Å². The fourth-order valence-electron chi connectivity index (χ4n) is 7.15. The van der Waals surface area contributed by atoms with Crippen LogP contribution in [0.1, 0.15) is 50.2 Å². The van der Waals surface area contributed by atoms with E-state index in [2.05, 4.69) is 44.2 Å². The summed E-state index contributed by atoms with van der Waals surface area (Å²) in [5.74, 6) is 0. The molecule has 4 aromatic heterocycles. The lowest BCUT2D eigenvalue weighted by Crippen LogP contribution is -2.14. The number of hydrogen-bond donors (Lipinski definition) is 1. The van der Waals surface area contributed by atoms with Crippen molar-refractivity contribution in [2.24, 2.45) is 0 Å². The molecule has 0 spiro atoms. The predicted molar refractivity (Wildman–Crippen MR) is 179 cm³/mol. The third-order valence-electron chi connectivity index (χ3n) is 9.25. The van der Waals surface area contributed by atoms with Gasteiger partial charge in [0.1, 0.15) is 0 Å². The maximum atomic E-state index is 13.3. The third-order valence-corrected chi connectivity index (χ3v) is 14.4. The van der Waals surface area contributed by atoms with Gasteiger partial charge >= 0.3 is 6.18 Å². The van der Waals surface area contributed by atoms with Crippen LogP contribution in [-0.4, -0.2) is 6.18 Å². The van der Waals surface area contributed by atoms with E-state index in [9.17, 15) is 13.2 Å². The van der Waals surface area contributed by atoms with Crippen LogP contribution in [0.5, 0.6) is 0 Å². The maximum Gasteiger partial charge on any atom is 0.412 e. The summed E-state index contributed by atoms with van der Waals surface area (Å²) in [6.07, 6.45) is -0.490. The van der Waals surface area contributed by atoms with Gasteiger partial charge < -0.3 is 5.73 Å². The van der Waals surface area contributed by atoms with Gasteiger partial charge in [0.05, 0.1) is 0 Å². The summed E-state index contributed by atoms with van der Waals surface area (Å²) in [7, 11) is 0. The van der Waals surface area contributed by atoms with Gasteiger partial charge in [0.25, 0.3) is 0 Å². The zero-order valence-corrected chi connectivity index (χ0v) is 26.6. The Labute approximate surface area is 262 Å². The number of rotatable bonds is 2. The van der Waals surface area contributed by atoms with Crippen molar-refractivity contribution in [3.8, 4) is 40.4 Å². The fraction of sp³-hybridized carbons (Fsp3) is 0.200. The molecule has 6 aromatic rings. The smallest absolute Gasteiger partial charge is 0.399 e. The molecule has 0 saturated carbocycles. The lowest BCUT2D eigenvalue weighted by atomic mass is 9.90. The molecule has 0 aliphatic heterocycles. The van der Waals surface area contributed by atoms with Gasteiger partial charge in [0.15, 0.2) is 0 Å². The molecule has 3 aliphatic rings. The summed E-state index contributed by atoms with van der Waals surface area (Å²) < 4.78 is 41.3. The molecule has 214 valence electrons. The minimum atomic E-state index is -4.25. The molecular formula is C35H24F3NS4. The average Bonchev–Trinajstić information content (AvgIpc) is 3.77. The minimum Gasteiger partial charge on any atom is -0.399 e. The molecule has 0 fully saturated rings. The number of allylic oxidation sites excluding steroid dienone is 1. The summed E-state index contributed by atoms with van der Waals surface area (Å²) in [6.45, 7) is 4.58. The Morgan fingerprint density at radius 1 is 0.698 bits per heavy atom. The predicted octanol–water partition coefficient (Wildman–Crippen LogP) is 11.7. The molecule has 1 nitrogen and oxygen atoms in total. The molecule has 2 aromatic carbocycles. The van der Waals surface area contributed by atoms with E-state index < -0.39 is 11.7 Å². The molecule has 9 rings (SSSR count). The van der Waals surface area contributed by atoms with E-state index in [1.807, 2.05) is 46.1 Å². The van der Waals surface area contributed by atoms with Crippen molar-refractivity contribution >= 4 is 67.2 Å². The van der Waals surface area contributed by atoms with Crippen molar-refractivity contribution in [1.29, 1.82) is 0 Å². The number of alkyl halides is 3. The normalized spacial score (nSPS) is 15.0. The van der Waals surface area contributed by atoms with E-state index in [4.69, 9.17) is 5.73 Å². The van der Waals surface area contributed by atoms with Crippen molar-refractivity contribution in [3.63, 3.8) is 0 Å². The van der Waals surface area contributed by atoms with E-state index in [1.54, 1.807) is 11.3 Å². The zero-order valence-electron chi connectivity index (χ0n) is 23.3. The second-order valence-electron chi connectivity index (χ2n) is 11.8. The second-order valence-corrected chi connectivity index (χ2v) is 16.1. The van der Waals surface area contributed by atoms with Gasteiger partial charge in [0, 0.05) is 50.1 Å². The summed E-state index contributed by atoms with van der Waals surface area (Å²) in [4.78, 5) is 8.69. The van der Waals surface area contributed by atoms with Gasteiger partial charge in [-0.2, -0.15) is 13.2 Å². The maximum absolute atomic E-state index is 13.3. The van der Waals surface area contributed by atoms with Crippen LogP contribution in [0.25, 0.3) is 56.6 Å². The number of benzene rings is 2. The quantitative estimate of drug-likeness (QED) is 0.186. The van der Waals surface area contributed by atoms with Crippen LogP contribution in [0.4, 0.5) is 18.9 Å². The third kappa shape index (κ3) is 3.86. The van der Waals surface area contributed by atoms with E-state index in [1.165, 1.54) is 85.1 Å². The first-order chi connectivity index (χ1) is 20.6. The van der Waals surface area contributed by atoms with Crippen LogP contribution in [0.2, 0.25) is 0 Å². The Hall–Kier alpha value is -3.17. The summed E-state index contributed by atoms with van der Waals surface area (Å²) in [5, 5.41) is 1.20. The number of thiophene rings is 4. The molecule has 3 aliphatic carbocycles. The van der Waals surface area contributed by atoms with Crippen LogP contribution in [-0.2, 0) is 19.3 Å². The number of aryl methyl sites for hydroxylation is 1. The van der Waals surface area contributed by atoms with Crippen LogP contribution in [0, 0.1) is 13.8 Å². The molecule has 4 heterocycles. The Morgan fingerprint density at radius 2 is 1.30 bits per heavy atom. The lowest BCUT2D eigenvalue weighted by molar-refractivity contribution is -0.0931. The molecule has 0 atom stereocenters. The molecule has 0 amide bonds. The fourth-order valence-corrected chi connectivity index (χ4v) is 12.1. The van der Waals surface area contributed by atoms with E-state index in [0.29, 0.717) is 6.42 Å². The average molecular weight is 644 g/mol. The number of fused-ring (bicyclic) bond motifs is 8. The monoisotopic (exact) mass is 643 g/mol. The standard InChI is InChI=1S/C35H24F3NS4/c1-15-24-10-20-14-30(28-12-18-8-22(39)4-6-26(18)41-28)43-34(20)32(24)16(2)23-9-19-13-29(42-33(19)31(15)23)27-11-17-7-21(35(36,37)38)3-5-25(17)40-27/h4,6-8,11-14H,3,5,9-10,39H2,1-2H3. The summed E-state index contributed by atoms with van der Waals surface area (Å²) >= 11 is 7.21. The van der Waals surface area contributed by atoms with Gasteiger partial charge in [-0.15, -0.1) is 45.3 Å². The number of nitrogen functional groups attached to an aromatic ring is 1. The molecule has 0 radical (unpaired) electrons. The molecule has 43 heavy (non-hydrogen) atoms. The van der Waals surface area contributed by atoms with Gasteiger partial charge in [-0.05, 0) is 144 Å². The number of hydrogen-bond acceptors (Lipinski definition) is 5. The van der Waals surface area contributed by atoms with Gasteiger partial charge in [0.2, 0.25) is 0 Å². The Kier molecular flexibility index (Phi) is 5.46. The molecule has 0 unspecified atom stereocenters. The van der Waals surface area contributed by atoms with Gasteiger partial charge in [-0.3, -0.25) is 0 Å². The zero-order chi connectivity index (χ0) is 29.4. The van der Waals surface area contributed by atoms with Gasteiger partial charge in [-0.1, -0.05) is 0 Å².